The summed E-state index contributed by atoms with van der Waals surface area (Å²) in [5, 5.41) is 4.67. The van der Waals surface area contributed by atoms with Crippen molar-refractivity contribution in [2.75, 3.05) is 27.1 Å². The Morgan fingerprint density at radius 2 is 1.74 bits per heavy atom. The van der Waals surface area contributed by atoms with E-state index in [-0.39, 0.29) is 5.91 Å². The molecule has 0 aliphatic rings. The van der Waals surface area contributed by atoms with E-state index in [1.807, 2.05) is 24.3 Å². The molecule has 0 aromatic heterocycles. The van der Waals surface area contributed by atoms with Crippen molar-refractivity contribution in [2.24, 2.45) is 5.10 Å². The van der Waals surface area contributed by atoms with Gasteiger partial charge in [0.15, 0.2) is 11.5 Å². The summed E-state index contributed by atoms with van der Waals surface area (Å²) < 4.78 is 15.8. The smallest absolute Gasteiger partial charge is 0.240 e. The Morgan fingerprint density at radius 1 is 1.11 bits per heavy atom. The number of carbonyl (C=O) groups excluding carboxylic acids is 1. The van der Waals surface area contributed by atoms with E-state index in [0.29, 0.717) is 40.0 Å². The molecule has 27 heavy (non-hydrogen) atoms. The lowest BCUT2D eigenvalue weighted by molar-refractivity contribution is -0.120. The van der Waals surface area contributed by atoms with Gasteiger partial charge in [-0.05, 0) is 36.4 Å². The standard InChI is InChI=1S/C19H21ClN2O4S/c1-24-16-10-13(11-17(25-2)19(16)26-3)12-21-22-18(23)8-9-27-15-6-4-14(20)5-7-15/h4-7,10-12H,8-9H2,1-3H3,(H,22,23)/b21-12+. The molecule has 2 aromatic rings. The zero-order chi connectivity index (χ0) is 19.6. The van der Waals surface area contributed by atoms with Crippen LogP contribution < -0.4 is 19.6 Å². The quantitative estimate of drug-likeness (QED) is 0.386. The second kappa shape index (κ2) is 10.7. The van der Waals surface area contributed by atoms with Gasteiger partial charge in [0.25, 0.3) is 0 Å². The predicted octanol–water partition coefficient (Wildman–Crippen LogP) is 4.00. The fourth-order valence-electron chi connectivity index (χ4n) is 2.20. The Balaban J connectivity index is 1.87. The van der Waals surface area contributed by atoms with Gasteiger partial charge >= 0.3 is 0 Å². The zero-order valence-corrected chi connectivity index (χ0v) is 16.9. The van der Waals surface area contributed by atoms with Crippen LogP contribution in [0, 0.1) is 0 Å². The number of nitrogens with zero attached hydrogens (tertiary/aromatic N) is 1. The molecule has 1 amide bonds. The molecular formula is C19H21ClN2O4S. The van der Waals surface area contributed by atoms with Crippen molar-refractivity contribution in [3.8, 4) is 17.2 Å². The highest BCUT2D eigenvalue weighted by atomic mass is 35.5. The molecule has 144 valence electrons. The van der Waals surface area contributed by atoms with E-state index in [0.717, 1.165) is 4.90 Å². The number of methoxy groups -OCH3 is 3. The molecule has 0 unspecified atom stereocenters. The molecule has 0 saturated heterocycles. The van der Waals surface area contributed by atoms with Crippen molar-refractivity contribution in [1.82, 2.24) is 5.43 Å². The molecule has 0 saturated carbocycles. The Labute approximate surface area is 167 Å². The lowest BCUT2D eigenvalue weighted by Crippen LogP contribution is -2.17. The van der Waals surface area contributed by atoms with Gasteiger partial charge in [-0.25, -0.2) is 5.43 Å². The minimum absolute atomic E-state index is 0.167. The van der Waals surface area contributed by atoms with E-state index < -0.39 is 0 Å². The molecule has 6 nitrogen and oxygen atoms in total. The highest BCUT2D eigenvalue weighted by Crippen LogP contribution is 2.37. The van der Waals surface area contributed by atoms with Crippen molar-refractivity contribution >= 4 is 35.5 Å². The summed E-state index contributed by atoms with van der Waals surface area (Å²) in [6, 6.07) is 11.0. The summed E-state index contributed by atoms with van der Waals surface area (Å²) in [6.07, 6.45) is 1.87. The molecule has 0 heterocycles. The van der Waals surface area contributed by atoms with Gasteiger partial charge in [0, 0.05) is 27.7 Å². The first-order valence-electron chi connectivity index (χ1n) is 8.07. The predicted molar refractivity (Wildman–Crippen MR) is 109 cm³/mol. The highest BCUT2D eigenvalue weighted by molar-refractivity contribution is 7.99. The largest absolute Gasteiger partial charge is 0.493 e. The normalized spacial score (nSPS) is 10.7. The summed E-state index contributed by atoms with van der Waals surface area (Å²) in [4.78, 5) is 13.0. The van der Waals surface area contributed by atoms with E-state index in [1.165, 1.54) is 13.3 Å². The maximum atomic E-state index is 11.9. The number of ether oxygens (including phenoxy) is 3. The van der Waals surface area contributed by atoms with Crippen molar-refractivity contribution in [1.29, 1.82) is 0 Å². The third-order valence-electron chi connectivity index (χ3n) is 3.50. The number of nitrogens with one attached hydrogen (secondary N) is 1. The van der Waals surface area contributed by atoms with Gasteiger partial charge in [0.05, 0.1) is 27.5 Å². The van der Waals surface area contributed by atoms with E-state index in [9.17, 15) is 4.79 Å². The molecule has 2 rings (SSSR count). The zero-order valence-electron chi connectivity index (χ0n) is 15.3. The molecule has 0 radical (unpaired) electrons. The van der Waals surface area contributed by atoms with Crippen LogP contribution in [0.2, 0.25) is 5.02 Å². The maximum Gasteiger partial charge on any atom is 0.240 e. The Kier molecular flexibility index (Phi) is 8.29. The monoisotopic (exact) mass is 408 g/mol. The van der Waals surface area contributed by atoms with Crippen LogP contribution in [-0.4, -0.2) is 39.2 Å². The van der Waals surface area contributed by atoms with Crippen LogP contribution in [0.25, 0.3) is 0 Å². The number of hydrogen-bond donors (Lipinski definition) is 1. The number of carbonyl (C=O) groups is 1. The van der Waals surface area contributed by atoms with Gasteiger partial charge in [-0.3, -0.25) is 4.79 Å². The summed E-state index contributed by atoms with van der Waals surface area (Å²) in [7, 11) is 4.62. The minimum atomic E-state index is -0.167. The lowest BCUT2D eigenvalue weighted by atomic mass is 10.2. The fraction of sp³-hybridized carbons (Fsp3) is 0.263. The number of benzene rings is 2. The van der Waals surface area contributed by atoms with Crippen molar-refractivity contribution in [3.63, 3.8) is 0 Å². The molecular weight excluding hydrogens is 388 g/mol. The molecule has 0 fully saturated rings. The van der Waals surface area contributed by atoms with Crippen LogP contribution in [0.4, 0.5) is 0 Å². The van der Waals surface area contributed by atoms with Crippen LogP contribution in [0.5, 0.6) is 17.2 Å². The molecule has 1 N–H and O–H groups in total. The number of halogens is 1. The van der Waals surface area contributed by atoms with Crippen molar-refractivity contribution < 1.29 is 19.0 Å². The van der Waals surface area contributed by atoms with Crippen LogP contribution in [-0.2, 0) is 4.79 Å². The second-order valence-electron chi connectivity index (χ2n) is 5.30. The molecule has 0 atom stereocenters. The first kappa shape index (κ1) is 20.9. The average Bonchev–Trinajstić information content (AvgIpc) is 2.68. The summed E-state index contributed by atoms with van der Waals surface area (Å²) in [6.45, 7) is 0. The number of hydrazone groups is 1. The van der Waals surface area contributed by atoms with Gasteiger partial charge in [0.1, 0.15) is 0 Å². The second-order valence-corrected chi connectivity index (χ2v) is 6.91. The Hall–Kier alpha value is -2.38. The van der Waals surface area contributed by atoms with Crippen LogP contribution in [0.15, 0.2) is 46.4 Å². The average molecular weight is 409 g/mol. The third kappa shape index (κ3) is 6.37. The van der Waals surface area contributed by atoms with E-state index in [4.69, 9.17) is 25.8 Å². The van der Waals surface area contributed by atoms with Crippen LogP contribution in [0.1, 0.15) is 12.0 Å². The number of hydrogen-bond acceptors (Lipinski definition) is 6. The van der Waals surface area contributed by atoms with Gasteiger partial charge in [-0.1, -0.05) is 11.6 Å². The molecule has 0 aliphatic heterocycles. The summed E-state index contributed by atoms with van der Waals surface area (Å²) >= 11 is 7.43. The molecule has 0 spiro atoms. The first-order valence-corrected chi connectivity index (χ1v) is 9.44. The molecule has 0 aliphatic carbocycles. The number of rotatable bonds is 9. The van der Waals surface area contributed by atoms with Crippen molar-refractivity contribution in [2.45, 2.75) is 11.3 Å². The molecule has 2 aromatic carbocycles. The Bertz CT molecular complexity index is 772. The molecule has 8 heteroatoms. The van der Waals surface area contributed by atoms with Gasteiger partial charge in [-0.2, -0.15) is 5.10 Å². The van der Waals surface area contributed by atoms with E-state index >= 15 is 0 Å². The third-order valence-corrected chi connectivity index (χ3v) is 4.77. The van der Waals surface area contributed by atoms with E-state index in [2.05, 4.69) is 10.5 Å². The number of thioether (sulfide) groups is 1. The van der Waals surface area contributed by atoms with Gasteiger partial charge in [-0.15, -0.1) is 11.8 Å². The SMILES string of the molecule is COc1cc(/C=N/NC(=O)CCSc2ccc(Cl)cc2)cc(OC)c1OC. The lowest BCUT2D eigenvalue weighted by Gasteiger charge is -2.12. The van der Waals surface area contributed by atoms with Crippen LogP contribution in [0.3, 0.4) is 0 Å². The Morgan fingerprint density at radius 3 is 2.30 bits per heavy atom. The van der Waals surface area contributed by atoms with Gasteiger partial charge in [0.2, 0.25) is 11.7 Å². The van der Waals surface area contributed by atoms with Crippen LogP contribution >= 0.6 is 23.4 Å². The summed E-state index contributed by atoms with van der Waals surface area (Å²) in [5.74, 6) is 2.02. The summed E-state index contributed by atoms with van der Waals surface area (Å²) in [5.41, 5.74) is 3.22. The maximum absolute atomic E-state index is 11.9. The topological polar surface area (TPSA) is 69.2 Å². The highest BCUT2D eigenvalue weighted by Gasteiger charge is 2.12. The van der Waals surface area contributed by atoms with Crippen molar-refractivity contribution in [3.05, 3.63) is 47.0 Å². The van der Waals surface area contributed by atoms with Gasteiger partial charge < -0.3 is 14.2 Å². The number of amides is 1. The minimum Gasteiger partial charge on any atom is -0.493 e. The van der Waals surface area contributed by atoms with E-state index in [1.54, 1.807) is 38.1 Å². The first-order chi connectivity index (χ1) is 13.1. The fourth-order valence-corrected chi connectivity index (χ4v) is 3.18. The molecule has 0 bridgehead atoms.